The van der Waals surface area contributed by atoms with Crippen molar-refractivity contribution in [1.82, 2.24) is 0 Å². The number of ether oxygens (including phenoxy) is 1. The molecular weight excluding hydrogens is 328 g/mol. The largest absolute Gasteiger partial charge is 0.462 e. The fourth-order valence-corrected chi connectivity index (χ4v) is 7.19. The first kappa shape index (κ1) is 18.2. The zero-order valence-corrected chi connectivity index (χ0v) is 16.3. The molecule has 1 saturated carbocycles. The van der Waals surface area contributed by atoms with E-state index in [2.05, 4.69) is 20.8 Å². The molecule has 4 nitrogen and oxygen atoms in total. The maximum atomic E-state index is 12.3. The Morgan fingerprint density at radius 1 is 1.15 bits per heavy atom. The van der Waals surface area contributed by atoms with Gasteiger partial charge in [0.25, 0.3) is 0 Å². The Hall–Kier alpha value is -1.16. The Balaban J connectivity index is 1.72. The number of fused-ring (bicyclic) bond motifs is 4. The van der Waals surface area contributed by atoms with Gasteiger partial charge in [-0.1, -0.05) is 25.0 Å². The summed E-state index contributed by atoms with van der Waals surface area (Å²) in [5.41, 5.74) is 3.23. The number of carbonyl (C=O) groups is 2. The first-order valence-corrected chi connectivity index (χ1v) is 10.4. The molecule has 0 bridgehead atoms. The van der Waals surface area contributed by atoms with Crippen molar-refractivity contribution in [2.75, 3.05) is 6.61 Å². The van der Waals surface area contributed by atoms with Gasteiger partial charge in [0.05, 0.1) is 0 Å². The normalized spacial score (nSPS) is 45.3. The minimum Gasteiger partial charge on any atom is -0.462 e. The summed E-state index contributed by atoms with van der Waals surface area (Å²) >= 11 is 0. The van der Waals surface area contributed by atoms with Crippen molar-refractivity contribution >= 4 is 11.8 Å². The van der Waals surface area contributed by atoms with Gasteiger partial charge in [0.2, 0.25) is 0 Å². The lowest BCUT2D eigenvalue weighted by Crippen LogP contribution is -2.45. The SMILES string of the molecule is C[C@@H]1OC(=O)CC[C@]2(C)C3=C(CC[C@@H]12)[C@@H]1CC[C@H](C(=O)CO)[C@@]1(C)CC3. The molecule has 0 radical (unpaired) electrons. The van der Waals surface area contributed by atoms with Crippen LogP contribution in [-0.2, 0) is 14.3 Å². The molecular formula is C22H32O4. The van der Waals surface area contributed by atoms with E-state index in [1.165, 1.54) is 0 Å². The third-order valence-electron chi connectivity index (χ3n) is 8.57. The number of hydrogen-bond acceptors (Lipinski definition) is 4. The minimum absolute atomic E-state index is 0.00447. The van der Waals surface area contributed by atoms with Crippen LogP contribution in [0.4, 0.5) is 0 Å². The van der Waals surface area contributed by atoms with Gasteiger partial charge in [-0.25, -0.2) is 0 Å². The Kier molecular flexibility index (Phi) is 4.33. The monoisotopic (exact) mass is 360 g/mol. The lowest BCUT2D eigenvalue weighted by atomic mass is 9.52. The molecule has 3 aliphatic carbocycles. The standard InChI is InChI=1S/C22H32O4/c1-13-15-5-4-14-16-6-7-18(19(24)12-23)22(16,3)10-8-17(14)21(15,2)11-9-20(25)26-13/h13,15-16,18,23H,4-12H2,1-3H3/t13-,15-,16-,18+,21-,22-/m0/s1. The summed E-state index contributed by atoms with van der Waals surface area (Å²) in [4.78, 5) is 24.4. The molecule has 0 unspecified atom stereocenters. The summed E-state index contributed by atoms with van der Waals surface area (Å²) in [6.45, 7) is 6.38. The van der Waals surface area contributed by atoms with Gasteiger partial charge in [-0.15, -0.1) is 0 Å². The highest BCUT2D eigenvalue weighted by atomic mass is 16.5. The van der Waals surface area contributed by atoms with E-state index in [0.717, 1.165) is 44.9 Å². The topological polar surface area (TPSA) is 63.6 Å². The highest BCUT2D eigenvalue weighted by molar-refractivity contribution is 5.83. The number of esters is 1. The highest BCUT2D eigenvalue weighted by Crippen LogP contribution is 2.64. The fourth-order valence-electron chi connectivity index (χ4n) is 7.19. The molecule has 2 fully saturated rings. The zero-order valence-electron chi connectivity index (χ0n) is 16.3. The van der Waals surface area contributed by atoms with Crippen LogP contribution < -0.4 is 0 Å². The number of hydrogen-bond donors (Lipinski definition) is 1. The van der Waals surface area contributed by atoms with Crippen molar-refractivity contribution in [3.8, 4) is 0 Å². The molecule has 1 aliphatic heterocycles. The Bertz CT molecular complexity index is 665. The number of allylic oxidation sites excluding steroid dienone is 2. The van der Waals surface area contributed by atoms with Crippen LogP contribution in [0.3, 0.4) is 0 Å². The van der Waals surface area contributed by atoms with Gasteiger partial charge in [0.1, 0.15) is 12.7 Å². The fraction of sp³-hybridized carbons (Fsp3) is 0.818. The van der Waals surface area contributed by atoms with Crippen LogP contribution in [0.2, 0.25) is 0 Å². The van der Waals surface area contributed by atoms with Crippen molar-refractivity contribution < 1.29 is 19.4 Å². The molecule has 26 heavy (non-hydrogen) atoms. The molecule has 1 heterocycles. The number of aliphatic hydroxyl groups excluding tert-OH is 1. The van der Waals surface area contributed by atoms with Crippen molar-refractivity contribution in [3.63, 3.8) is 0 Å². The second-order valence-electron chi connectivity index (χ2n) is 9.57. The maximum absolute atomic E-state index is 12.3. The van der Waals surface area contributed by atoms with Crippen LogP contribution in [0, 0.1) is 28.6 Å². The van der Waals surface area contributed by atoms with E-state index >= 15 is 0 Å². The van der Waals surface area contributed by atoms with Crippen molar-refractivity contribution in [3.05, 3.63) is 11.1 Å². The van der Waals surface area contributed by atoms with Crippen molar-refractivity contribution in [1.29, 1.82) is 0 Å². The number of carbonyl (C=O) groups excluding carboxylic acids is 2. The Morgan fingerprint density at radius 2 is 1.92 bits per heavy atom. The van der Waals surface area contributed by atoms with E-state index in [-0.39, 0.29) is 41.2 Å². The minimum atomic E-state index is -0.324. The van der Waals surface area contributed by atoms with E-state index in [1.54, 1.807) is 11.1 Å². The molecule has 0 aromatic carbocycles. The lowest BCUT2D eigenvalue weighted by molar-refractivity contribution is -0.149. The summed E-state index contributed by atoms with van der Waals surface area (Å²) in [7, 11) is 0. The van der Waals surface area contributed by atoms with Crippen LogP contribution in [0.5, 0.6) is 0 Å². The summed E-state index contributed by atoms with van der Waals surface area (Å²) in [5, 5.41) is 9.41. The predicted molar refractivity (Wildman–Crippen MR) is 98.3 cm³/mol. The molecule has 0 amide bonds. The molecule has 1 N–H and O–H groups in total. The first-order valence-electron chi connectivity index (χ1n) is 10.4. The Labute approximate surface area is 156 Å². The number of rotatable bonds is 2. The molecule has 0 aromatic heterocycles. The summed E-state index contributed by atoms with van der Waals surface area (Å²) in [5.74, 6) is 0.870. The second-order valence-corrected chi connectivity index (χ2v) is 9.57. The third-order valence-corrected chi connectivity index (χ3v) is 8.57. The van der Waals surface area contributed by atoms with Gasteiger partial charge in [-0.05, 0) is 68.6 Å². The molecule has 144 valence electrons. The molecule has 0 spiro atoms. The predicted octanol–water partition coefficient (Wildman–Crippen LogP) is 3.81. The summed E-state index contributed by atoms with van der Waals surface area (Å²) in [6, 6.07) is 0. The molecule has 4 rings (SSSR count). The second kappa shape index (κ2) is 6.19. The average Bonchev–Trinajstić information content (AvgIpc) is 2.91. The smallest absolute Gasteiger partial charge is 0.306 e. The highest BCUT2D eigenvalue weighted by Gasteiger charge is 2.56. The summed E-state index contributed by atoms with van der Waals surface area (Å²) < 4.78 is 5.66. The lowest BCUT2D eigenvalue weighted by Gasteiger charge is -2.52. The molecule has 1 saturated heterocycles. The van der Waals surface area contributed by atoms with E-state index in [4.69, 9.17) is 4.74 Å². The quantitative estimate of drug-likeness (QED) is 0.601. The van der Waals surface area contributed by atoms with Gasteiger partial charge in [-0.3, -0.25) is 9.59 Å². The van der Waals surface area contributed by atoms with Gasteiger partial charge in [0, 0.05) is 18.3 Å². The van der Waals surface area contributed by atoms with Gasteiger partial charge in [0.15, 0.2) is 5.78 Å². The molecule has 4 aliphatic rings. The van der Waals surface area contributed by atoms with Crippen LogP contribution in [0.25, 0.3) is 0 Å². The maximum Gasteiger partial charge on any atom is 0.306 e. The molecule has 0 aromatic rings. The number of aliphatic hydroxyl groups is 1. The van der Waals surface area contributed by atoms with E-state index in [0.29, 0.717) is 18.3 Å². The zero-order chi connectivity index (χ0) is 18.7. The van der Waals surface area contributed by atoms with Gasteiger partial charge < -0.3 is 9.84 Å². The third kappa shape index (κ3) is 2.44. The van der Waals surface area contributed by atoms with Gasteiger partial charge in [-0.2, -0.15) is 0 Å². The van der Waals surface area contributed by atoms with Gasteiger partial charge >= 0.3 is 5.97 Å². The van der Waals surface area contributed by atoms with Crippen molar-refractivity contribution in [2.24, 2.45) is 28.6 Å². The van der Waals surface area contributed by atoms with Crippen molar-refractivity contribution in [2.45, 2.75) is 78.2 Å². The number of Topliss-reactive ketones (excluding diaryl/α,β-unsaturated/α-hetero) is 1. The number of cyclic esters (lactones) is 1. The van der Waals surface area contributed by atoms with Crippen LogP contribution in [0.1, 0.15) is 72.1 Å². The molecule has 4 heteroatoms. The molecule has 6 atom stereocenters. The van der Waals surface area contributed by atoms with E-state index < -0.39 is 0 Å². The van der Waals surface area contributed by atoms with Crippen LogP contribution >= 0.6 is 0 Å². The Morgan fingerprint density at radius 3 is 2.65 bits per heavy atom. The van der Waals surface area contributed by atoms with E-state index in [9.17, 15) is 14.7 Å². The number of ketones is 1. The first-order chi connectivity index (χ1) is 12.3. The van der Waals surface area contributed by atoms with Crippen LogP contribution in [0.15, 0.2) is 11.1 Å². The summed E-state index contributed by atoms with van der Waals surface area (Å²) in [6.07, 6.45) is 7.59. The van der Waals surface area contributed by atoms with E-state index in [1.807, 2.05) is 0 Å². The van der Waals surface area contributed by atoms with Crippen LogP contribution in [-0.4, -0.2) is 29.6 Å². The average molecular weight is 360 g/mol.